The smallest absolute Gasteiger partial charge is 0.0992 e. The Morgan fingerprint density at radius 2 is 1.24 bits per heavy atom. The molecule has 0 saturated heterocycles. The minimum absolute atomic E-state index is 0.158. The van der Waals surface area contributed by atoms with Crippen LogP contribution in [0.3, 0.4) is 0 Å². The van der Waals surface area contributed by atoms with Crippen LogP contribution in [0.5, 0.6) is 0 Å². The predicted molar refractivity (Wildman–Crippen MR) is 93.6 cm³/mol. The second-order valence-electron chi connectivity index (χ2n) is 5.63. The lowest BCUT2D eigenvalue weighted by Crippen LogP contribution is -2.31. The highest BCUT2D eigenvalue weighted by Gasteiger charge is 2.38. The zero-order chi connectivity index (χ0) is 15.5. The summed E-state index contributed by atoms with van der Waals surface area (Å²) < 4.78 is 13.2. The molecular weight excluding hydrogens is 296 g/mol. The summed E-state index contributed by atoms with van der Waals surface area (Å²) in [6, 6.07) is 18.5. The summed E-state index contributed by atoms with van der Waals surface area (Å²) in [5.41, 5.74) is 0. The Hall–Kier alpha value is -1.06. The average molecular weight is 320 g/mol. The Morgan fingerprint density at radius 1 is 0.762 bits per heavy atom. The number of hydrogen-bond donors (Lipinski definition) is 0. The van der Waals surface area contributed by atoms with Crippen LogP contribution >= 0.6 is 11.8 Å². The molecule has 3 heteroatoms. The zero-order valence-electron chi connectivity index (χ0n) is 13.1. The van der Waals surface area contributed by atoms with Gasteiger partial charge in [0.1, 0.15) is 20.4 Å². The van der Waals surface area contributed by atoms with Gasteiger partial charge in [-0.15, -0.1) is 0 Å². The van der Waals surface area contributed by atoms with Gasteiger partial charge in [-0.25, -0.2) is 0 Å². The highest BCUT2D eigenvalue weighted by Crippen LogP contribution is 2.33. The first-order valence-electron chi connectivity index (χ1n) is 7.29. The Balaban J connectivity index is 2.24. The van der Waals surface area contributed by atoms with Crippen LogP contribution < -0.4 is 0 Å². The van der Waals surface area contributed by atoms with Crippen molar-refractivity contribution in [2.75, 3.05) is 0 Å². The molecule has 21 heavy (non-hydrogen) atoms. The molecule has 0 N–H and O–H groups in total. The Bertz CT molecular complexity index is 603. The van der Waals surface area contributed by atoms with Gasteiger partial charge in [-0.1, -0.05) is 34.2 Å². The van der Waals surface area contributed by atoms with Crippen LogP contribution in [0, 0.1) is 0 Å². The standard InChI is InChI=1S/C18H23OS2/c1-14(2)21(19,15(3)4)18-12-10-17(11-13-18)20-16-8-6-5-7-9-16/h5-15H,1-4H3/q+1. The van der Waals surface area contributed by atoms with Crippen molar-refractivity contribution in [2.24, 2.45) is 0 Å². The van der Waals surface area contributed by atoms with Crippen LogP contribution in [-0.4, -0.2) is 10.5 Å². The molecule has 0 spiro atoms. The van der Waals surface area contributed by atoms with E-state index in [-0.39, 0.29) is 10.5 Å². The minimum atomic E-state index is -2.00. The van der Waals surface area contributed by atoms with Gasteiger partial charge < -0.3 is 0 Å². The minimum Gasteiger partial charge on any atom is -0.0992 e. The lowest BCUT2D eigenvalue weighted by Gasteiger charge is -2.19. The molecule has 2 aromatic rings. The molecule has 0 fully saturated rings. The van der Waals surface area contributed by atoms with Crippen LogP contribution in [0.1, 0.15) is 27.7 Å². The Labute approximate surface area is 133 Å². The van der Waals surface area contributed by atoms with Gasteiger partial charge in [-0.2, -0.15) is 0 Å². The summed E-state index contributed by atoms with van der Waals surface area (Å²) in [5, 5.41) is 0.315. The average Bonchev–Trinajstić information content (AvgIpc) is 2.48. The number of rotatable bonds is 5. The van der Waals surface area contributed by atoms with Crippen LogP contribution in [0.4, 0.5) is 0 Å². The molecule has 0 aliphatic rings. The normalized spacial score (nSPS) is 12.1. The molecule has 2 aromatic carbocycles. The zero-order valence-corrected chi connectivity index (χ0v) is 14.7. The van der Waals surface area contributed by atoms with Crippen LogP contribution in [0.2, 0.25) is 0 Å². The van der Waals surface area contributed by atoms with Gasteiger partial charge in [0.25, 0.3) is 0 Å². The summed E-state index contributed by atoms with van der Waals surface area (Å²) >= 11 is 1.73. The molecule has 0 aliphatic carbocycles. The van der Waals surface area contributed by atoms with E-state index in [2.05, 4.69) is 52.0 Å². The van der Waals surface area contributed by atoms with Crippen molar-refractivity contribution < 1.29 is 4.21 Å². The van der Waals surface area contributed by atoms with Crippen LogP contribution in [-0.2, 0) is 14.1 Å². The molecule has 0 radical (unpaired) electrons. The van der Waals surface area contributed by atoms with E-state index in [1.165, 1.54) is 9.79 Å². The van der Waals surface area contributed by atoms with Crippen molar-refractivity contribution in [3.63, 3.8) is 0 Å². The van der Waals surface area contributed by atoms with Crippen molar-refractivity contribution in [2.45, 2.75) is 52.9 Å². The summed E-state index contributed by atoms with van der Waals surface area (Å²) in [6.45, 7) is 8.20. The largest absolute Gasteiger partial charge is 0.158 e. The third-order valence-corrected chi connectivity index (χ3v) is 8.40. The molecule has 0 heterocycles. The summed E-state index contributed by atoms with van der Waals surface area (Å²) in [5.74, 6) is 0. The lowest BCUT2D eigenvalue weighted by atomic mass is 10.4. The van der Waals surface area contributed by atoms with Crippen molar-refractivity contribution in [1.29, 1.82) is 0 Å². The first-order chi connectivity index (χ1) is 9.94. The van der Waals surface area contributed by atoms with E-state index in [9.17, 15) is 4.21 Å². The first kappa shape index (κ1) is 16.3. The molecule has 0 bridgehead atoms. The molecule has 1 nitrogen and oxygen atoms in total. The molecule has 0 amide bonds. The van der Waals surface area contributed by atoms with Gasteiger partial charge in [0.2, 0.25) is 0 Å². The van der Waals surface area contributed by atoms with E-state index in [0.29, 0.717) is 0 Å². The van der Waals surface area contributed by atoms with E-state index in [1.807, 2.05) is 30.3 Å². The summed E-state index contributed by atoms with van der Waals surface area (Å²) in [7, 11) is -2.00. The number of benzene rings is 2. The van der Waals surface area contributed by atoms with Crippen LogP contribution in [0.15, 0.2) is 69.3 Å². The van der Waals surface area contributed by atoms with Gasteiger partial charge in [-0.05, 0) is 64.1 Å². The van der Waals surface area contributed by atoms with Crippen molar-refractivity contribution in [3.8, 4) is 0 Å². The Kier molecular flexibility index (Phi) is 5.28. The van der Waals surface area contributed by atoms with Gasteiger partial charge >= 0.3 is 0 Å². The second-order valence-corrected chi connectivity index (χ2v) is 10.4. The molecule has 0 unspecified atom stereocenters. The molecule has 0 saturated carbocycles. The first-order valence-corrected chi connectivity index (χ1v) is 9.79. The maximum absolute atomic E-state index is 13.2. The van der Waals surface area contributed by atoms with E-state index in [1.54, 1.807) is 11.8 Å². The van der Waals surface area contributed by atoms with Crippen LogP contribution in [0.25, 0.3) is 0 Å². The van der Waals surface area contributed by atoms with E-state index in [4.69, 9.17) is 0 Å². The second kappa shape index (κ2) is 6.80. The van der Waals surface area contributed by atoms with Gasteiger partial charge in [0, 0.05) is 9.79 Å². The monoisotopic (exact) mass is 319 g/mol. The SMILES string of the molecule is CC(C)[S+](=O)(c1ccc(Sc2ccccc2)cc1)C(C)C. The maximum atomic E-state index is 13.2. The fourth-order valence-electron chi connectivity index (χ4n) is 2.43. The predicted octanol–water partition coefficient (Wildman–Crippen LogP) is 5.51. The molecule has 0 aliphatic heterocycles. The van der Waals surface area contributed by atoms with Gasteiger partial charge in [0.15, 0.2) is 4.90 Å². The summed E-state index contributed by atoms with van der Waals surface area (Å²) in [4.78, 5) is 3.38. The van der Waals surface area contributed by atoms with Crippen molar-refractivity contribution >= 4 is 21.7 Å². The van der Waals surface area contributed by atoms with Gasteiger partial charge in [0.05, 0.1) is 0 Å². The molecule has 0 aromatic heterocycles. The van der Waals surface area contributed by atoms with Crippen molar-refractivity contribution in [3.05, 3.63) is 54.6 Å². The number of hydrogen-bond acceptors (Lipinski definition) is 2. The third-order valence-electron chi connectivity index (χ3n) is 3.57. The summed E-state index contributed by atoms with van der Waals surface area (Å²) in [6.07, 6.45) is 0. The lowest BCUT2D eigenvalue weighted by molar-refractivity contribution is 0.572. The highest BCUT2D eigenvalue weighted by molar-refractivity contribution is 8.04. The molecular formula is C18H23OS2+. The topological polar surface area (TPSA) is 17.1 Å². The molecule has 0 atom stereocenters. The van der Waals surface area contributed by atoms with Crippen molar-refractivity contribution in [1.82, 2.24) is 0 Å². The highest BCUT2D eigenvalue weighted by atomic mass is 32.2. The van der Waals surface area contributed by atoms with E-state index < -0.39 is 9.93 Å². The third kappa shape index (κ3) is 3.58. The fourth-order valence-corrected chi connectivity index (χ4v) is 6.01. The van der Waals surface area contributed by atoms with Gasteiger partial charge in [-0.3, -0.25) is 0 Å². The molecule has 2 rings (SSSR count). The van der Waals surface area contributed by atoms with E-state index >= 15 is 0 Å². The quantitative estimate of drug-likeness (QED) is 0.676. The fraction of sp³-hybridized carbons (Fsp3) is 0.333. The maximum Gasteiger partial charge on any atom is 0.158 e. The Morgan fingerprint density at radius 3 is 1.71 bits per heavy atom. The molecule has 112 valence electrons. The van der Waals surface area contributed by atoms with E-state index in [0.717, 1.165) is 4.90 Å².